The lowest BCUT2D eigenvalue weighted by Gasteiger charge is -2.27. The average molecular weight is 384 g/mol. The predicted molar refractivity (Wildman–Crippen MR) is 102 cm³/mol. The van der Waals surface area contributed by atoms with Crippen molar-refractivity contribution in [2.75, 3.05) is 11.9 Å². The Bertz CT molecular complexity index is 853. The molecule has 3 aliphatic rings. The Balaban J connectivity index is 1.50. The molecular formula is C20H24N4O4. The zero-order chi connectivity index (χ0) is 19.8. The van der Waals surface area contributed by atoms with Crippen LogP contribution in [0, 0.1) is 5.92 Å². The molecule has 0 aromatic heterocycles. The molecule has 1 aromatic carbocycles. The summed E-state index contributed by atoms with van der Waals surface area (Å²) in [5, 5.41) is 5.66. The minimum Gasteiger partial charge on any atom is -0.382 e. The molecular weight excluding hydrogens is 360 g/mol. The summed E-state index contributed by atoms with van der Waals surface area (Å²) < 4.78 is 0. The number of amides is 4. The van der Waals surface area contributed by atoms with Crippen LogP contribution >= 0.6 is 0 Å². The molecule has 2 heterocycles. The molecule has 3 unspecified atom stereocenters. The minimum atomic E-state index is -0.937. The Morgan fingerprint density at radius 1 is 1.07 bits per heavy atom. The number of benzene rings is 1. The third-order valence-electron chi connectivity index (χ3n) is 5.93. The largest absolute Gasteiger partial charge is 0.382 e. The van der Waals surface area contributed by atoms with E-state index in [0.717, 1.165) is 36.3 Å². The number of hydrogen-bond acceptors (Lipinski definition) is 6. The van der Waals surface area contributed by atoms with Crippen LogP contribution in [0.4, 0.5) is 5.69 Å². The molecule has 0 bridgehead atoms. The van der Waals surface area contributed by atoms with E-state index in [1.807, 2.05) is 0 Å². The van der Waals surface area contributed by atoms with Crippen molar-refractivity contribution in [3.8, 4) is 0 Å². The lowest BCUT2D eigenvalue weighted by molar-refractivity contribution is -0.136. The maximum absolute atomic E-state index is 12.9. The molecule has 28 heavy (non-hydrogen) atoms. The van der Waals surface area contributed by atoms with E-state index < -0.39 is 23.8 Å². The third kappa shape index (κ3) is 3.28. The van der Waals surface area contributed by atoms with E-state index >= 15 is 0 Å². The number of piperidine rings is 1. The molecule has 8 nitrogen and oxygen atoms in total. The van der Waals surface area contributed by atoms with Crippen molar-refractivity contribution in [2.24, 2.45) is 11.7 Å². The van der Waals surface area contributed by atoms with Crippen molar-refractivity contribution in [3.05, 3.63) is 29.3 Å². The number of anilines is 1. The Kier molecular flexibility index (Phi) is 4.89. The van der Waals surface area contributed by atoms with Crippen LogP contribution in [0.3, 0.4) is 0 Å². The van der Waals surface area contributed by atoms with Crippen LogP contribution in [-0.4, -0.2) is 47.2 Å². The molecule has 1 saturated carbocycles. The van der Waals surface area contributed by atoms with Gasteiger partial charge >= 0.3 is 0 Å². The van der Waals surface area contributed by atoms with Crippen LogP contribution in [0.15, 0.2) is 18.2 Å². The van der Waals surface area contributed by atoms with Crippen molar-refractivity contribution in [2.45, 2.75) is 50.6 Å². The highest BCUT2D eigenvalue weighted by atomic mass is 16.2. The van der Waals surface area contributed by atoms with Crippen molar-refractivity contribution < 1.29 is 19.2 Å². The van der Waals surface area contributed by atoms with Gasteiger partial charge in [0.15, 0.2) is 0 Å². The number of nitrogens with one attached hydrogen (secondary N) is 2. The van der Waals surface area contributed by atoms with Gasteiger partial charge in [-0.25, -0.2) is 0 Å². The topological polar surface area (TPSA) is 122 Å². The van der Waals surface area contributed by atoms with Gasteiger partial charge < -0.3 is 11.1 Å². The van der Waals surface area contributed by atoms with E-state index in [-0.39, 0.29) is 18.7 Å². The van der Waals surface area contributed by atoms with Gasteiger partial charge in [-0.3, -0.25) is 29.4 Å². The standard InChI is InChI=1S/C20H24N4O4/c21-8-7-11-1-2-12(9-11)22-13-3-4-14-15(10-13)20(28)24(19(14)27)16-5-6-17(25)23-18(16)26/h3-4,10-12,16,22H,1-2,5-9,21H2,(H,23,25,26). The number of imide groups is 2. The van der Waals surface area contributed by atoms with Gasteiger partial charge in [0.2, 0.25) is 11.8 Å². The lowest BCUT2D eigenvalue weighted by Crippen LogP contribution is -2.54. The molecule has 1 aliphatic carbocycles. The smallest absolute Gasteiger partial charge is 0.262 e. The molecule has 8 heteroatoms. The molecule has 4 rings (SSSR count). The molecule has 1 aromatic rings. The zero-order valence-electron chi connectivity index (χ0n) is 15.6. The molecule has 148 valence electrons. The lowest BCUT2D eigenvalue weighted by atomic mass is 10.0. The quantitative estimate of drug-likeness (QED) is 0.652. The second-order valence-corrected chi connectivity index (χ2v) is 7.81. The van der Waals surface area contributed by atoms with E-state index in [2.05, 4.69) is 10.6 Å². The summed E-state index contributed by atoms with van der Waals surface area (Å²) in [4.78, 5) is 50.0. The fourth-order valence-electron chi connectivity index (χ4n) is 4.50. The normalized spacial score (nSPS) is 27.2. The van der Waals surface area contributed by atoms with Gasteiger partial charge in [0.25, 0.3) is 11.8 Å². The summed E-state index contributed by atoms with van der Waals surface area (Å²) in [5.41, 5.74) is 7.04. The van der Waals surface area contributed by atoms with Crippen LogP contribution in [0.5, 0.6) is 0 Å². The number of carbonyl (C=O) groups excluding carboxylic acids is 4. The molecule has 0 spiro atoms. The van der Waals surface area contributed by atoms with Gasteiger partial charge in [-0.2, -0.15) is 0 Å². The van der Waals surface area contributed by atoms with E-state index in [0.29, 0.717) is 29.6 Å². The molecule has 2 fully saturated rings. The maximum atomic E-state index is 12.9. The fraction of sp³-hybridized carbons (Fsp3) is 0.500. The number of rotatable bonds is 5. The highest BCUT2D eigenvalue weighted by Crippen LogP contribution is 2.33. The van der Waals surface area contributed by atoms with Crippen LogP contribution in [-0.2, 0) is 9.59 Å². The average Bonchev–Trinajstić information content (AvgIpc) is 3.19. The third-order valence-corrected chi connectivity index (χ3v) is 5.93. The van der Waals surface area contributed by atoms with E-state index in [4.69, 9.17) is 5.73 Å². The second-order valence-electron chi connectivity index (χ2n) is 7.81. The van der Waals surface area contributed by atoms with Crippen molar-refractivity contribution in [3.63, 3.8) is 0 Å². The van der Waals surface area contributed by atoms with E-state index in [9.17, 15) is 19.2 Å². The second kappa shape index (κ2) is 7.35. The Hall–Kier alpha value is -2.74. The summed E-state index contributed by atoms with van der Waals surface area (Å²) in [6.45, 7) is 0.697. The maximum Gasteiger partial charge on any atom is 0.262 e. The summed E-state index contributed by atoms with van der Waals surface area (Å²) in [6.07, 6.45) is 4.53. The van der Waals surface area contributed by atoms with Crippen molar-refractivity contribution in [1.29, 1.82) is 0 Å². The summed E-state index contributed by atoms with van der Waals surface area (Å²) >= 11 is 0. The van der Waals surface area contributed by atoms with Crippen LogP contribution < -0.4 is 16.4 Å². The van der Waals surface area contributed by atoms with Gasteiger partial charge in [-0.05, 0) is 62.8 Å². The Morgan fingerprint density at radius 2 is 1.86 bits per heavy atom. The Labute approximate surface area is 162 Å². The molecule has 2 aliphatic heterocycles. The first kappa shape index (κ1) is 18.6. The van der Waals surface area contributed by atoms with Crippen molar-refractivity contribution >= 4 is 29.3 Å². The minimum absolute atomic E-state index is 0.113. The summed E-state index contributed by atoms with van der Waals surface area (Å²) in [6, 6.07) is 4.52. The van der Waals surface area contributed by atoms with E-state index in [1.165, 1.54) is 0 Å². The molecule has 0 radical (unpaired) electrons. The fourth-order valence-corrected chi connectivity index (χ4v) is 4.50. The molecule has 1 saturated heterocycles. The van der Waals surface area contributed by atoms with Gasteiger partial charge in [0.1, 0.15) is 6.04 Å². The monoisotopic (exact) mass is 384 g/mol. The molecule has 4 amide bonds. The summed E-state index contributed by atoms with van der Waals surface area (Å²) in [5.74, 6) is -1.31. The first-order chi connectivity index (χ1) is 13.5. The highest BCUT2D eigenvalue weighted by Gasteiger charge is 2.44. The van der Waals surface area contributed by atoms with Crippen LogP contribution in [0.2, 0.25) is 0 Å². The number of nitrogens with zero attached hydrogens (tertiary/aromatic N) is 1. The van der Waals surface area contributed by atoms with Gasteiger partial charge in [-0.1, -0.05) is 0 Å². The Morgan fingerprint density at radius 3 is 2.61 bits per heavy atom. The van der Waals surface area contributed by atoms with Crippen LogP contribution in [0.1, 0.15) is 59.2 Å². The number of hydrogen-bond donors (Lipinski definition) is 3. The number of fused-ring (bicyclic) bond motifs is 1. The van der Waals surface area contributed by atoms with Gasteiger partial charge in [-0.15, -0.1) is 0 Å². The van der Waals surface area contributed by atoms with Crippen LogP contribution in [0.25, 0.3) is 0 Å². The van der Waals surface area contributed by atoms with E-state index in [1.54, 1.807) is 18.2 Å². The number of carbonyl (C=O) groups is 4. The molecule has 3 atom stereocenters. The highest BCUT2D eigenvalue weighted by molar-refractivity contribution is 6.23. The first-order valence-corrected chi connectivity index (χ1v) is 9.80. The van der Waals surface area contributed by atoms with Crippen molar-refractivity contribution in [1.82, 2.24) is 10.2 Å². The zero-order valence-corrected chi connectivity index (χ0v) is 15.6. The van der Waals surface area contributed by atoms with Gasteiger partial charge in [0.05, 0.1) is 11.1 Å². The SMILES string of the molecule is NCCC1CCC(Nc2ccc3c(c2)C(=O)N(C2CCC(=O)NC2=O)C3=O)C1. The predicted octanol–water partition coefficient (Wildman–Crippen LogP) is 1.02. The summed E-state index contributed by atoms with van der Waals surface area (Å²) in [7, 11) is 0. The molecule has 4 N–H and O–H groups in total. The number of nitrogens with two attached hydrogens (primary N) is 1. The van der Waals surface area contributed by atoms with Gasteiger partial charge in [0, 0.05) is 18.2 Å². The first-order valence-electron chi connectivity index (χ1n) is 9.80.